The van der Waals surface area contributed by atoms with Crippen molar-refractivity contribution in [3.05, 3.63) is 123 Å². The highest BCUT2D eigenvalue weighted by atomic mass is 79.9. The highest BCUT2D eigenvalue weighted by Crippen LogP contribution is 2.34. The van der Waals surface area contributed by atoms with E-state index in [2.05, 4.69) is 42.1 Å². The number of amides is 2. The van der Waals surface area contributed by atoms with Crippen LogP contribution in [0.1, 0.15) is 26.3 Å². The van der Waals surface area contributed by atoms with Gasteiger partial charge in [-0.1, -0.05) is 77.3 Å². The Bertz CT molecular complexity index is 1760. The predicted octanol–water partition coefficient (Wildman–Crippen LogP) is 7.35. The van der Waals surface area contributed by atoms with E-state index in [1.807, 2.05) is 6.07 Å². The zero-order valence-electron chi connectivity index (χ0n) is 21.8. The normalized spacial score (nSPS) is 10.3. The fourth-order valence-electron chi connectivity index (χ4n) is 3.76. The molecule has 0 fully saturated rings. The maximum Gasteiger partial charge on any atom is 0.337 e. The van der Waals surface area contributed by atoms with E-state index < -0.39 is 11.9 Å². The monoisotopic (exact) mass is 700 g/mol. The second-order valence-corrected chi connectivity index (χ2v) is 10.6. The standard InChI is InChI=1S/C15H11Cl2NO3.C14H9BrClN5O/c16-11-6-2-1-4-9(11)8-13(19)18-14-10(15(20)21)5-3-7-12(14)17;15-21(14(22)9-4-2-1-3-5-9)12-8-10(16)6-7-11(12)13-17-19-20-18-13/h1-7H,8H2,(H,18,19)(H,20,21);1-8H,(H,17,18,19,20). The van der Waals surface area contributed by atoms with Crippen molar-refractivity contribution in [2.75, 3.05) is 9.24 Å². The van der Waals surface area contributed by atoms with E-state index in [1.165, 1.54) is 22.1 Å². The van der Waals surface area contributed by atoms with Crippen LogP contribution in [0.4, 0.5) is 11.4 Å². The van der Waals surface area contributed by atoms with Crippen molar-refractivity contribution in [3.63, 3.8) is 0 Å². The van der Waals surface area contributed by atoms with E-state index in [4.69, 9.17) is 39.9 Å². The topological polar surface area (TPSA) is 141 Å². The molecule has 4 aromatic carbocycles. The number of para-hydroxylation sites is 1. The number of halogens is 4. The van der Waals surface area contributed by atoms with Gasteiger partial charge in [-0.3, -0.25) is 9.59 Å². The molecule has 43 heavy (non-hydrogen) atoms. The predicted molar refractivity (Wildman–Crippen MR) is 169 cm³/mol. The third kappa shape index (κ3) is 8.17. The number of carbonyl (C=O) groups is 3. The van der Waals surface area contributed by atoms with Crippen LogP contribution in [0.2, 0.25) is 15.1 Å². The van der Waals surface area contributed by atoms with E-state index >= 15 is 0 Å². The first-order valence-corrected chi connectivity index (χ1v) is 14.1. The number of H-pyrrole nitrogens is 1. The first-order valence-electron chi connectivity index (χ1n) is 12.3. The minimum Gasteiger partial charge on any atom is -0.478 e. The number of nitrogens with zero attached hydrogens (tertiary/aromatic N) is 4. The van der Waals surface area contributed by atoms with Gasteiger partial charge in [-0.2, -0.15) is 5.21 Å². The molecule has 0 saturated carbocycles. The first kappa shape index (κ1) is 31.6. The van der Waals surface area contributed by atoms with Gasteiger partial charge in [0.2, 0.25) is 11.7 Å². The molecule has 0 bridgehead atoms. The molecule has 0 aliphatic heterocycles. The number of carbonyl (C=O) groups excluding carboxylic acids is 2. The molecule has 0 spiro atoms. The number of tetrazole rings is 1. The van der Waals surface area contributed by atoms with Crippen molar-refractivity contribution in [2.45, 2.75) is 6.42 Å². The second kappa shape index (κ2) is 14.7. The number of hydrogen-bond donors (Lipinski definition) is 3. The Kier molecular flexibility index (Phi) is 10.8. The number of nitrogens with one attached hydrogen (secondary N) is 2. The molecule has 10 nitrogen and oxygen atoms in total. The summed E-state index contributed by atoms with van der Waals surface area (Å²) < 4.78 is 1.33. The average molecular weight is 703 g/mol. The zero-order chi connectivity index (χ0) is 30.9. The van der Waals surface area contributed by atoms with Crippen LogP contribution >= 0.6 is 51.0 Å². The molecule has 5 rings (SSSR count). The van der Waals surface area contributed by atoms with Crippen LogP contribution in [0, 0.1) is 0 Å². The summed E-state index contributed by atoms with van der Waals surface area (Å²) in [6, 6.07) is 25.3. The van der Waals surface area contributed by atoms with Crippen molar-refractivity contribution in [1.82, 2.24) is 20.6 Å². The molecule has 0 radical (unpaired) electrons. The molecule has 218 valence electrons. The largest absolute Gasteiger partial charge is 0.478 e. The molecule has 0 unspecified atom stereocenters. The fraction of sp³-hybridized carbons (Fsp3) is 0.0345. The van der Waals surface area contributed by atoms with Gasteiger partial charge >= 0.3 is 5.97 Å². The number of aromatic amines is 1. The van der Waals surface area contributed by atoms with Gasteiger partial charge < -0.3 is 10.4 Å². The number of benzene rings is 4. The summed E-state index contributed by atoms with van der Waals surface area (Å²) in [5, 5.41) is 26.6. The highest BCUT2D eigenvalue weighted by molar-refractivity contribution is 9.10. The van der Waals surface area contributed by atoms with E-state index in [1.54, 1.807) is 66.7 Å². The maximum absolute atomic E-state index is 12.5. The van der Waals surface area contributed by atoms with Crippen LogP contribution in [-0.2, 0) is 11.2 Å². The minimum atomic E-state index is -1.16. The third-order valence-corrected chi connectivity index (χ3v) is 7.40. The number of anilines is 2. The Labute approximate surface area is 268 Å². The van der Waals surface area contributed by atoms with Gasteiger partial charge in [-0.25, -0.2) is 8.72 Å². The summed E-state index contributed by atoms with van der Waals surface area (Å²) in [5.74, 6) is -1.41. The molecule has 2 amide bonds. The van der Waals surface area contributed by atoms with E-state index in [0.717, 1.165) is 0 Å². The molecule has 0 saturated heterocycles. The van der Waals surface area contributed by atoms with Crippen molar-refractivity contribution in [3.8, 4) is 11.4 Å². The number of carboxylic acids is 1. The van der Waals surface area contributed by atoms with E-state index in [-0.39, 0.29) is 28.6 Å². The van der Waals surface area contributed by atoms with Gasteiger partial charge in [-0.05, 0) is 59.3 Å². The van der Waals surface area contributed by atoms with Crippen LogP contribution < -0.4 is 9.24 Å². The number of aromatic carboxylic acids is 1. The third-order valence-electron chi connectivity index (χ3n) is 5.77. The van der Waals surface area contributed by atoms with Crippen molar-refractivity contribution in [2.24, 2.45) is 0 Å². The van der Waals surface area contributed by atoms with Gasteiger partial charge in [0.25, 0.3) is 5.91 Å². The number of rotatable bonds is 7. The van der Waals surface area contributed by atoms with Crippen molar-refractivity contribution >= 4 is 80.1 Å². The summed E-state index contributed by atoms with van der Waals surface area (Å²) in [4.78, 5) is 35.7. The van der Waals surface area contributed by atoms with Crippen molar-refractivity contribution in [1.29, 1.82) is 0 Å². The molecular weight excluding hydrogens is 683 g/mol. The lowest BCUT2D eigenvalue weighted by Gasteiger charge is -2.17. The van der Waals surface area contributed by atoms with Gasteiger partial charge in [0, 0.05) is 21.2 Å². The molecule has 1 aromatic heterocycles. The molecule has 1 heterocycles. The lowest BCUT2D eigenvalue weighted by Crippen LogP contribution is -2.20. The van der Waals surface area contributed by atoms with Crippen molar-refractivity contribution < 1.29 is 19.5 Å². The summed E-state index contributed by atoms with van der Waals surface area (Å²) in [6.07, 6.45) is 0.0317. The number of carboxylic acid groups (broad SMARTS) is 1. The Hall–Kier alpha value is -4.29. The molecule has 14 heteroatoms. The molecule has 0 atom stereocenters. The van der Waals surface area contributed by atoms with E-state index in [9.17, 15) is 14.4 Å². The molecular formula is C29H20BrCl3N6O4. The number of aromatic nitrogens is 4. The molecule has 0 aliphatic carbocycles. The Morgan fingerprint density at radius 3 is 2.26 bits per heavy atom. The summed E-state index contributed by atoms with van der Waals surface area (Å²) in [5.41, 5.74) is 2.37. The molecule has 0 aliphatic rings. The average Bonchev–Trinajstić information content (AvgIpc) is 3.54. The minimum absolute atomic E-state index is 0.0317. The number of hydrogen-bond acceptors (Lipinski definition) is 6. The highest BCUT2D eigenvalue weighted by Gasteiger charge is 2.21. The Balaban J connectivity index is 0.000000197. The van der Waals surface area contributed by atoms with Crippen LogP contribution in [0.15, 0.2) is 91.0 Å². The quantitative estimate of drug-likeness (QED) is 0.151. The second-order valence-electron chi connectivity index (χ2n) is 8.63. The Morgan fingerprint density at radius 1 is 0.884 bits per heavy atom. The zero-order valence-corrected chi connectivity index (χ0v) is 25.7. The molecule has 3 N–H and O–H groups in total. The summed E-state index contributed by atoms with van der Waals surface area (Å²) in [6.45, 7) is 0. The molecule has 5 aromatic rings. The summed E-state index contributed by atoms with van der Waals surface area (Å²) >= 11 is 21.3. The van der Waals surface area contributed by atoms with Crippen LogP contribution in [0.3, 0.4) is 0 Å². The van der Waals surface area contributed by atoms with Gasteiger partial charge in [0.1, 0.15) is 0 Å². The van der Waals surface area contributed by atoms with Gasteiger partial charge in [-0.15, -0.1) is 10.2 Å². The lowest BCUT2D eigenvalue weighted by molar-refractivity contribution is -0.115. The SMILES string of the molecule is O=C(Cc1ccccc1Cl)Nc1c(Cl)cccc1C(=O)O.O=C(c1ccccc1)N(Br)c1cc(Cl)ccc1-c1nn[nH]n1. The first-order chi connectivity index (χ1) is 20.7. The van der Waals surface area contributed by atoms with Gasteiger partial charge in [0.05, 0.1) is 44.5 Å². The maximum atomic E-state index is 12.5. The van der Waals surface area contributed by atoms with Crippen LogP contribution in [0.25, 0.3) is 11.4 Å². The van der Waals surface area contributed by atoms with Gasteiger partial charge in [0.15, 0.2) is 0 Å². The fourth-order valence-corrected chi connectivity index (χ4v) is 4.85. The smallest absolute Gasteiger partial charge is 0.337 e. The van der Waals surface area contributed by atoms with Crippen LogP contribution in [0.5, 0.6) is 0 Å². The van der Waals surface area contributed by atoms with E-state index in [0.29, 0.717) is 38.2 Å². The summed E-state index contributed by atoms with van der Waals surface area (Å²) in [7, 11) is 0. The Morgan fingerprint density at radius 2 is 1.58 bits per heavy atom. The lowest BCUT2D eigenvalue weighted by atomic mass is 10.1. The van der Waals surface area contributed by atoms with Crippen LogP contribution in [-0.4, -0.2) is 43.5 Å².